The van der Waals surface area contributed by atoms with E-state index in [0.29, 0.717) is 49.2 Å². The Morgan fingerprint density at radius 1 is 1.15 bits per heavy atom. The molecule has 0 saturated carbocycles. The minimum Gasteiger partial charge on any atom is -0.474 e. The first-order valence-corrected chi connectivity index (χ1v) is 11.9. The third-order valence-electron chi connectivity index (χ3n) is 6.59. The van der Waals surface area contributed by atoms with Crippen molar-refractivity contribution in [2.45, 2.75) is 38.0 Å². The van der Waals surface area contributed by atoms with Crippen molar-refractivity contribution in [1.29, 1.82) is 0 Å². The van der Waals surface area contributed by atoms with E-state index in [9.17, 15) is 18.0 Å². The molecule has 3 heterocycles. The van der Waals surface area contributed by atoms with Gasteiger partial charge in [0, 0.05) is 56.3 Å². The van der Waals surface area contributed by atoms with Crippen LogP contribution in [0.1, 0.15) is 36.8 Å². The van der Waals surface area contributed by atoms with Crippen LogP contribution in [0, 0.1) is 11.8 Å². The average molecular weight is 517 g/mol. The molecule has 184 valence electrons. The molecule has 0 bridgehead atoms. The van der Waals surface area contributed by atoms with E-state index in [1.54, 1.807) is 12.1 Å². The number of hydrogen-bond donors (Lipinski definition) is 0. The quantitative estimate of drug-likeness (QED) is 0.500. The average Bonchev–Trinajstić information content (AvgIpc) is 3.26. The van der Waals surface area contributed by atoms with Gasteiger partial charge in [-0.05, 0) is 43.5 Å². The number of amides is 1. The van der Waals surface area contributed by atoms with Gasteiger partial charge in [-0.25, -0.2) is 4.98 Å². The number of aromatic nitrogens is 1. The van der Waals surface area contributed by atoms with E-state index < -0.39 is 17.8 Å². The molecule has 3 atom stereocenters. The molecule has 10 heteroatoms. The highest BCUT2D eigenvalue weighted by molar-refractivity contribution is 6.42. The smallest absolute Gasteiger partial charge is 0.417 e. The number of likely N-dealkylation sites (tertiary alicyclic amines) is 1. The van der Waals surface area contributed by atoms with Crippen LogP contribution in [-0.2, 0) is 15.7 Å². The Kier molecular flexibility index (Phi) is 7.60. The van der Waals surface area contributed by atoms with Crippen molar-refractivity contribution < 1.29 is 27.4 Å². The highest BCUT2D eigenvalue weighted by Crippen LogP contribution is 2.39. The van der Waals surface area contributed by atoms with Crippen LogP contribution in [0.15, 0.2) is 36.5 Å². The fourth-order valence-electron chi connectivity index (χ4n) is 4.68. The number of rotatable bonds is 5. The van der Waals surface area contributed by atoms with Gasteiger partial charge in [-0.15, -0.1) is 0 Å². The summed E-state index contributed by atoms with van der Waals surface area (Å²) in [6.45, 7) is 3.94. The maximum absolute atomic E-state index is 13.2. The Hall–Kier alpha value is -2.03. The minimum absolute atomic E-state index is 0.0743. The number of ether oxygens (including phenoxy) is 2. The van der Waals surface area contributed by atoms with Crippen LogP contribution in [-0.4, -0.2) is 48.2 Å². The maximum Gasteiger partial charge on any atom is 0.417 e. The second-order valence-electron chi connectivity index (χ2n) is 8.78. The van der Waals surface area contributed by atoms with Crippen molar-refractivity contribution in [1.82, 2.24) is 9.88 Å². The summed E-state index contributed by atoms with van der Waals surface area (Å²) in [4.78, 5) is 18.9. The summed E-state index contributed by atoms with van der Waals surface area (Å²) in [6, 6.07) is 7.57. The topological polar surface area (TPSA) is 51.7 Å². The molecule has 2 aromatic rings. The molecule has 0 N–H and O–H groups in total. The van der Waals surface area contributed by atoms with Crippen LogP contribution in [0.5, 0.6) is 5.88 Å². The van der Waals surface area contributed by atoms with E-state index in [-0.39, 0.29) is 29.5 Å². The van der Waals surface area contributed by atoms with Gasteiger partial charge < -0.3 is 14.4 Å². The van der Waals surface area contributed by atoms with Gasteiger partial charge in [0.1, 0.15) is 6.10 Å². The molecule has 1 aromatic carbocycles. The number of hydrogen-bond acceptors (Lipinski definition) is 4. The SMILES string of the molecule is C[C@H](Oc1ccc(C(F)(F)F)cn1)[C@H]1CN(C(=O)C2CCOCC2)C[C@@H]1c1ccc(Cl)c(Cl)c1. The van der Waals surface area contributed by atoms with Crippen LogP contribution in [0.25, 0.3) is 0 Å². The summed E-state index contributed by atoms with van der Waals surface area (Å²) in [7, 11) is 0. The van der Waals surface area contributed by atoms with Gasteiger partial charge in [0.2, 0.25) is 11.8 Å². The third-order valence-corrected chi connectivity index (χ3v) is 7.33. The first-order valence-electron chi connectivity index (χ1n) is 11.1. The predicted molar refractivity (Wildman–Crippen MR) is 122 cm³/mol. The zero-order valence-electron chi connectivity index (χ0n) is 18.5. The molecule has 5 nitrogen and oxygen atoms in total. The summed E-state index contributed by atoms with van der Waals surface area (Å²) in [6.07, 6.45) is -2.74. The molecule has 0 spiro atoms. The number of alkyl halides is 3. The summed E-state index contributed by atoms with van der Waals surface area (Å²) in [5, 5.41) is 0.860. The first kappa shape index (κ1) is 25.1. The second kappa shape index (κ2) is 10.3. The lowest BCUT2D eigenvalue weighted by Crippen LogP contribution is -2.38. The summed E-state index contributed by atoms with van der Waals surface area (Å²) in [5.74, 6) is -0.0822. The van der Waals surface area contributed by atoms with E-state index in [1.807, 2.05) is 17.9 Å². The Morgan fingerprint density at radius 3 is 2.50 bits per heavy atom. The van der Waals surface area contributed by atoms with Gasteiger partial charge in [0.15, 0.2) is 0 Å². The lowest BCUT2D eigenvalue weighted by atomic mass is 9.86. The zero-order valence-corrected chi connectivity index (χ0v) is 20.0. The molecule has 0 aliphatic carbocycles. The van der Waals surface area contributed by atoms with Gasteiger partial charge >= 0.3 is 6.18 Å². The number of halogens is 5. The third kappa shape index (κ3) is 5.61. The molecule has 34 heavy (non-hydrogen) atoms. The van der Waals surface area contributed by atoms with Gasteiger partial charge in [-0.1, -0.05) is 29.3 Å². The van der Waals surface area contributed by atoms with Crippen molar-refractivity contribution in [3.63, 3.8) is 0 Å². The number of carbonyl (C=O) groups excluding carboxylic acids is 1. The minimum atomic E-state index is -4.47. The van der Waals surface area contributed by atoms with Crippen LogP contribution >= 0.6 is 23.2 Å². The van der Waals surface area contributed by atoms with Gasteiger partial charge in [0.05, 0.1) is 15.6 Å². The monoisotopic (exact) mass is 516 g/mol. The van der Waals surface area contributed by atoms with E-state index in [0.717, 1.165) is 17.8 Å². The van der Waals surface area contributed by atoms with Crippen LogP contribution in [0.2, 0.25) is 10.0 Å². The fourth-order valence-corrected chi connectivity index (χ4v) is 4.99. The van der Waals surface area contributed by atoms with Crippen molar-refractivity contribution in [3.8, 4) is 5.88 Å². The Bertz CT molecular complexity index is 1010. The molecule has 2 aliphatic heterocycles. The Balaban J connectivity index is 1.54. The Labute approximate surface area is 206 Å². The molecule has 4 rings (SSSR count). The molecule has 2 saturated heterocycles. The van der Waals surface area contributed by atoms with E-state index in [1.165, 1.54) is 6.07 Å². The Morgan fingerprint density at radius 2 is 1.88 bits per heavy atom. The van der Waals surface area contributed by atoms with Crippen molar-refractivity contribution in [3.05, 3.63) is 57.7 Å². The normalized spacial score (nSPS) is 22.6. The molecular formula is C24H25Cl2F3N2O3. The van der Waals surface area contributed by atoms with E-state index in [2.05, 4.69) is 4.98 Å². The molecule has 1 amide bonds. The van der Waals surface area contributed by atoms with Gasteiger partial charge in [0.25, 0.3) is 0 Å². The van der Waals surface area contributed by atoms with Gasteiger partial charge in [-0.2, -0.15) is 13.2 Å². The van der Waals surface area contributed by atoms with Crippen LogP contribution < -0.4 is 4.74 Å². The van der Waals surface area contributed by atoms with E-state index >= 15 is 0 Å². The summed E-state index contributed by atoms with van der Waals surface area (Å²) >= 11 is 12.4. The van der Waals surface area contributed by atoms with Crippen LogP contribution in [0.4, 0.5) is 13.2 Å². The van der Waals surface area contributed by atoms with Crippen molar-refractivity contribution in [2.24, 2.45) is 11.8 Å². The molecule has 0 radical (unpaired) electrons. The fraction of sp³-hybridized carbons (Fsp3) is 0.500. The number of carbonyl (C=O) groups is 1. The molecule has 2 fully saturated rings. The summed E-state index contributed by atoms with van der Waals surface area (Å²) in [5.41, 5.74) is 0.0905. The summed E-state index contributed by atoms with van der Waals surface area (Å²) < 4.78 is 49.9. The van der Waals surface area contributed by atoms with Gasteiger partial charge in [-0.3, -0.25) is 4.79 Å². The number of nitrogens with zero attached hydrogens (tertiary/aromatic N) is 2. The zero-order chi connectivity index (χ0) is 24.5. The highest BCUT2D eigenvalue weighted by Gasteiger charge is 2.42. The molecule has 2 aliphatic rings. The predicted octanol–water partition coefficient (Wildman–Crippen LogP) is 5.84. The standard InChI is InChI=1S/C24H25Cl2F3N2O3/c1-14(34-22-5-3-17(11-30-22)24(27,28)29)18-12-31(23(32)15-6-8-33-9-7-15)13-19(18)16-2-4-20(25)21(26)10-16/h2-5,10-11,14-15,18-19H,6-9,12-13H2,1H3/t14-,18+,19+/m0/s1. The number of pyridine rings is 1. The molecular weight excluding hydrogens is 492 g/mol. The van der Waals surface area contributed by atoms with Crippen LogP contribution in [0.3, 0.4) is 0 Å². The highest BCUT2D eigenvalue weighted by atomic mass is 35.5. The van der Waals surface area contributed by atoms with E-state index in [4.69, 9.17) is 32.7 Å². The molecule has 0 unspecified atom stereocenters. The second-order valence-corrected chi connectivity index (χ2v) is 9.59. The number of benzene rings is 1. The lowest BCUT2D eigenvalue weighted by Gasteiger charge is -2.27. The maximum atomic E-state index is 13.2. The van der Waals surface area contributed by atoms with Crippen molar-refractivity contribution >= 4 is 29.1 Å². The lowest BCUT2D eigenvalue weighted by molar-refractivity contribution is -0.138. The molecule has 1 aromatic heterocycles. The first-order chi connectivity index (χ1) is 16.1. The van der Waals surface area contributed by atoms with Crippen molar-refractivity contribution in [2.75, 3.05) is 26.3 Å². The largest absolute Gasteiger partial charge is 0.474 e.